The number of carbonyl (C=O) groups is 2. The molecule has 0 atom stereocenters. The molecule has 0 saturated carbocycles. The smallest absolute Gasteiger partial charge is 0.293 e. The molecule has 1 fully saturated rings. The monoisotopic (exact) mass is 438 g/mol. The number of nitrogens with zero attached hydrogens (tertiary/aromatic N) is 2. The van der Waals surface area contributed by atoms with Crippen molar-refractivity contribution >= 4 is 57.9 Å². The van der Waals surface area contributed by atoms with Crippen LogP contribution in [0.4, 0.5) is 10.5 Å². The number of amides is 2. The first kappa shape index (κ1) is 20.2. The third-order valence-corrected chi connectivity index (χ3v) is 5.33. The van der Waals surface area contributed by atoms with Crippen molar-refractivity contribution in [3.05, 3.63) is 72.6 Å². The van der Waals surface area contributed by atoms with Gasteiger partial charge in [-0.25, -0.2) is 0 Å². The molecule has 0 aliphatic carbocycles. The van der Waals surface area contributed by atoms with Gasteiger partial charge in [0.05, 0.1) is 19.9 Å². The number of thioether (sulfide) groups is 1. The van der Waals surface area contributed by atoms with E-state index in [9.17, 15) is 19.7 Å². The van der Waals surface area contributed by atoms with Gasteiger partial charge in [-0.05, 0) is 41.1 Å². The predicted molar refractivity (Wildman–Crippen MR) is 108 cm³/mol. The molecule has 1 aliphatic rings. The fourth-order valence-electron chi connectivity index (χ4n) is 2.41. The summed E-state index contributed by atoms with van der Waals surface area (Å²) < 4.78 is 5.63. The van der Waals surface area contributed by atoms with Crippen molar-refractivity contribution in [1.29, 1.82) is 0 Å². The van der Waals surface area contributed by atoms with Crippen molar-refractivity contribution in [2.75, 3.05) is 7.05 Å². The van der Waals surface area contributed by atoms with Crippen LogP contribution in [0, 0.1) is 10.1 Å². The number of imide groups is 1. The molecule has 0 aromatic heterocycles. The second-order valence-electron chi connectivity index (χ2n) is 5.77. The number of benzene rings is 2. The minimum Gasteiger partial charge on any atom is -0.486 e. The van der Waals surface area contributed by atoms with Gasteiger partial charge in [0.25, 0.3) is 16.8 Å². The average molecular weight is 439 g/mol. The van der Waals surface area contributed by atoms with Crippen LogP contribution in [0.1, 0.15) is 11.1 Å². The maximum atomic E-state index is 12.0. The summed E-state index contributed by atoms with van der Waals surface area (Å²) in [5.74, 6) is -0.177. The lowest BCUT2D eigenvalue weighted by atomic mass is 10.2. The maximum absolute atomic E-state index is 12.0. The largest absolute Gasteiger partial charge is 0.486 e. The molecular weight excluding hydrogens is 427 g/mol. The molecule has 10 heteroatoms. The van der Waals surface area contributed by atoms with Crippen LogP contribution in [0.2, 0.25) is 10.0 Å². The number of hydrogen-bond donors (Lipinski definition) is 0. The van der Waals surface area contributed by atoms with Crippen LogP contribution in [0.25, 0.3) is 6.08 Å². The zero-order valence-electron chi connectivity index (χ0n) is 14.3. The summed E-state index contributed by atoms with van der Waals surface area (Å²) in [5, 5.41) is 10.9. The van der Waals surface area contributed by atoms with Crippen LogP contribution >= 0.6 is 35.0 Å². The second-order valence-corrected chi connectivity index (χ2v) is 7.58. The fraction of sp³-hybridized carbons (Fsp3) is 0.111. The van der Waals surface area contributed by atoms with Crippen LogP contribution in [0.5, 0.6) is 5.75 Å². The van der Waals surface area contributed by atoms with Crippen molar-refractivity contribution < 1.29 is 19.2 Å². The van der Waals surface area contributed by atoms with Crippen molar-refractivity contribution in [2.24, 2.45) is 0 Å². The summed E-state index contributed by atoms with van der Waals surface area (Å²) in [4.78, 5) is 35.2. The molecule has 2 amide bonds. The fourth-order valence-corrected chi connectivity index (χ4v) is 3.85. The summed E-state index contributed by atoms with van der Waals surface area (Å²) in [6.07, 6.45) is 1.52. The molecule has 28 heavy (non-hydrogen) atoms. The average Bonchev–Trinajstić information content (AvgIpc) is 2.88. The van der Waals surface area contributed by atoms with Gasteiger partial charge in [-0.3, -0.25) is 24.6 Å². The Labute approximate surface area is 174 Å². The first-order chi connectivity index (χ1) is 13.3. The third-order valence-electron chi connectivity index (χ3n) is 3.81. The molecular formula is C18H12Cl2N2O5S. The number of nitro groups is 1. The molecule has 7 nitrogen and oxygen atoms in total. The van der Waals surface area contributed by atoms with E-state index in [1.54, 1.807) is 24.3 Å². The number of likely N-dealkylation sites (N-methyl/N-ethyl adjacent to an activating group) is 1. The highest BCUT2D eigenvalue weighted by molar-refractivity contribution is 8.18. The number of non-ortho nitro benzene ring substituents is 1. The summed E-state index contributed by atoms with van der Waals surface area (Å²) in [6, 6.07) is 9.14. The van der Waals surface area contributed by atoms with E-state index in [0.717, 1.165) is 16.7 Å². The molecule has 0 bridgehead atoms. The number of nitro benzene ring substituents is 1. The zero-order valence-corrected chi connectivity index (χ0v) is 16.7. The second kappa shape index (κ2) is 8.22. The van der Waals surface area contributed by atoms with E-state index >= 15 is 0 Å². The van der Waals surface area contributed by atoms with Crippen molar-refractivity contribution in [3.8, 4) is 5.75 Å². The van der Waals surface area contributed by atoms with Gasteiger partial charge >= 0.3 is 0 Å². The molecule has 1 saturated heterocycles. The summed E-state index contributed by atoms with van der Waals surface area (Å²) in [5.41, 5.74) is 1.08. The highest BCUT2D eigenvalue weighted by Crippen LogP contribution is 2.37. The quantitative estimate of drug-likeness (QED) is 0.364. The molecule has 0 N–H and O–H groups in total. The summed E-state index contributed by atoms with van der Waals surface area (Å²) >= 11 is 13.3. The summed E-state index contributed by atoms with van der Waals surface area (Å²) in [7, 11) is 1.41. The number of hydrogen-bond acceptors (Lipinski definition) is 6. The van der Waals surface area contributed by atoms with Crippen LogP contribution in [0.15, 0.2) is 41.3 Å². The van der Waals surface area contributed by atoms with Gasteiger partial charge in [0.1, 0.15) is 6.61 Å². The number of ether oxygens (including phenoxy) is 1. The van der Waals surface area contributed by atoms with Crippen LogP contribution in [-0.2, 0) is 11.4 Å². The Morgan fingerprint density at radius 3 is 2.46 bits per heavy atom. The van der Waals surface area contributed by atoms with Gasteiger partial charge in [-0.2, -0.15) is 0 Å². The SMILES string of the molecule is CN1C(=O)S/C(=C\c2cc(Cl)c(OCc3cccc([N+](=O)[O-])c3)c(Cl)c2)C1=O. The highest BCUT2D eigenvalue weighted by atomic mass is 35.5. The number of rotatable bonds is 5. The molecule has 0 spiro atoms. The molecule has 144 valence electrons. The molecule has 2 aromatic carbocycles. The minimum atomic E-state index is -0.490. The first-order valence-corrected chi connectivity index (χ1v) is 9.40. The van der Waals surface area contributed by atoms with E-state index in [1.165, 1.54) is 25.3 Å². The van der Waals surface area contributed by atoms with Crippen LogP contribution in [0.3, 0.4) is 0 Å². The Bertz CT molecular complexity index is 1000. The van der Waals surface area contributed by atoms with Gasteiger partial charge < -0.3 is 4.74 Å². The van der Waals surface area contributed by atoms with Gasteiger partial charge in [-0.15, -0.1) is 0 Å². The lowest BCUT2D eigenvalue weighted by molar-refractivity contribution is -0.384. The first-order valence-electron chi connectivity index (χ1n) is 7.83. The van der Waals surface area contributed by atoms with Crippen LogP contribution in [-0.4, -0.2) is 28.0 Å². The van der Waals surface area contributed by atoms with Gasteiger partial charge in [0.15, 0.2) is 5.75 Å². The van der Waals surface area contributed by atoms with E-state index in [2.05, 4.69) is 0 Å². The Morgan fingerprint density at radius 2 is 1.89 bits per heavy atom. The Balaban J connectivity index is 1.79. The Morgan fingerprint density at radius 1 is 1.21 bits per heavy atom. The highest BCUT2D eigenvalue weighted by Gasteiger charge is 2.31. The zero-order chi connectivity index (χ0) is 20.4. The standard InChI is InChI=1S/C18H12Cl2N2O5S/c1-21-17(23)15(28-18(21)24)8-11-6-13(19)16(14(20)7-11)27-9-10-3-2-4-12(5-10)22(25)26/h2-8H,9H2,1H3/b15-8-. The number of carbonyl (C=O) groups excluding carboxylic acids is 2. The van der Waals surface area contributed by atoms with Crippen molar-refractivity contribution in [3.63, 3.8) is 0 Å². The maximum Gasteiger partial charge on any atom is 0.293 e. The predicted octanol–water partition coefficient (Wildman–Crippen LogP) is 5.15. The molecule has 0 radical (unpaired) electrons. The van der Waals surface area contributed by atoms with Gasteiger partial charge in [0, 0.05) is 19.2 Å². The summed E-state index contributed by atoms with van der Waals surface area (Å²) in [6.45, 7) is 0.0369. The van der Waals surface area contributed by atoms with E-state index in [0.29, 0.717) is 11.1 Å². The van der Waals surface area contributed by atoms with Crippen molar-refractivity contribution in [1.82, 2.24) is 4.90 Å². The number of halogens is 2. The van der Waals surface area contributed by atoms with E-state index < -0.39 is 10.8 Å². The van der Waals surface area contributed by atoms with Crippen LogP contribution < -0.4 is 4.74 Å². The topological polar surface area (TPSA) is 89.8 Å². The third kappa shape index (κ3) is 4.30. The van der Waals surface area contributed by atoms with E-state index in [4.69, 9.17) is 27.9 Å². The lowest BCUT2D eigenvalue weighted by Crippen LogP contribution is -2.22. The lowest BCUT2D eigenvalue weighted by Gasteiger charge is -2.11. The molecule has 3 rings (SSSR count). The Kier molecular flexibility index (Phi) is 5.93. The van der Waals surface area contributed by atoms with Crippen molar-refractivity contribution in [2.45, 2.75) is 6.61 Å². The Hall–Kier alpha value is -2.55. The molecule has 1 aliphatic heterocycles. The van der Waals surface area contributed by atoms with Gasteiger partial charge in [-0.1, -0.05) is 35.3 Å². The minimum absolute atomic E-state index is 0.0369. The van der Waals surface area contributed by atoms with E-state index in [1.807, 2.05) is 0 Å². The normalized spacial score (nSPS) is 15.4. The van der Waals surface area contributed by atoms with E-state index in [-0.39, 0.29) is 38.2 Å². The molecule has 1 heterocycles. The van der Waals surface area contributed by atoms with Gasteiger partial charge in [0.2, 0.25) is 0 Å². The molecule has 2 aromatic rings. The molecule has 0 unspecified atom stereocenters.